The molecule has 0 spiro atoms. The molecule has 7 nitrogen and oxygen atoms in total. The SMILES string of the molecule is CCC(=O)COCCOCCOCCOCCOc1ccc(NC(C)S)cc1. The Labute approximate surface area is 173 Å². The molecule has 28 heavy (non-hydrogen) atoms. The van der Waals surface area contributed by atoms with E-state index in [4.69, 9.17) is 23.7 Å². The van der Waals surface area contributed by atoms with Crippen molar-refractivity contribution in [2.45, 2.75) is 25.6 Å². The number of hydrogen-bond acceptors (Lipinski definition) is 8. The van der Waals surface area contributed by atoms with Gasteiger partial charge in [0.2, 0.25) is 0 Å². The second-order valence-corrected chi connectivity index (χ2v) is 6.75. The van der Waals surface area contributed by atoms with E-state index >= 15 is 0 Å². The fourth-order valence-corrected chi connectivity index (χ4v) is 2.20. The highest BCUT2D eigenvalue weighted by atomic mass is 32.1. The van der Waals surface area contributed by atoms with E-state index in [1.807, 2.05) is 38.1 Å². The van der Waals surface area contributed by atoms with E-state index in [2.05, 4.69) is 17.9 Å². The Morgan fingerprint density at radius 2 is 1.39 bits per heavy atom. The van der Waals surface area contributed by atoms with Crippen molar-refractivity contribution < 1.29 is 28.5 Å². The maximum Gasteiger partial charge on any atom is 0.158 e. The van der Waals surface area contributed by atoms with Crippen molar-refractivity contribution in [3.63, 3.8) is 0 Å². The number of rotatable bonds is 18. The summed E-state index contributed by atoms with van der Waals surface area (Å²) in [7, 11) is 0. The number of anilines is 1. The van der Waals surface area contributed by atoms with Crippen LogP contribution in [0.1, 0.15) is 20.3 Å². The first-order valence-corrected chi connectivity index (χ1v) is 10.1. The Morgan fingerprint density at radius 3 is 1.89 bits per heavy atom. The summed E-state index contributed by atoms with van der Waals surface area (Å²) >= 11 is 4.29. The van der Waals surface area contributed by atoms with Gasteiger partial charge in [0.05, 0.1) is 51.6 Å². The first kappa shape index (κ1) is 24.7. The summed E-state index contributed by atoms with van der Waals surface area (Å²) in [5.41, 5.74) is 1.01. The van der Waals surface area contributed by atoms with Crippen LogP contribution in [0.3, 0.4) is 0 Å². The highest BCUT2D eigenvalue weighted by molar-refractivity contribution is 7.81. The lowest BCUT2D eigenvalue weighted by Crippen LogP contribution is -2.15. The van der Waals surface area contributed by atoms with Crippen LogP contribution in [0.2, 0.25) is 0 Å². The van der Waals surface area contributed by atoms with Gasteiger partial charge in [-0.05, 0) is 31.2 Å². The number of benzene rings is 1. The lowest BCUT2D eigenvalue weighted by atomic mass is 10.3. The highest BCUT2D eigenvalue weighted by Gasteiger charge is 1.99. The fourth-order valence-electron chi connectivity index (χ4n) is 2.05. The molecular formula is C20H33NO6S. The zero-order valence-electron chi connectivity index (χ0n) is 16.9. The molecule has 0 aromatic heterocycles. The van der Waals surface area contributed by atoms with Crippen LogP contribution in [0.4, 0.5) is 5.69 Å². The molecular weight excluding hydrogens is 382 g/mol. The van der Waals surface area contributed by atoms with Gasteiger partial charge in [-0.3, -0.25) is 4.79 Å². The Kier molecular flexibility index (Phi) is 14.7. The van der Waals surface area contributed by atoms with Crippen LogP contribution in [0, 0.1) is 0 Å². The van der Waals surface area contributed by atoms with Gasteiger partial charge in [0.15, 0.2) is 5.78 Å². The molecule has 0 aliphatic carbocycles. The van der Waals surface area contributed by atoms with Crippen molar-refractivity contribution in [2.75, 3.05) is 64.8 Å². The van der Waals surface area contributed by atoms with E-state index in [9.17, 15) is 4.79 Å². The summed E-state index contributed by atoms with van der Waals surface area (Å²) < 4.78 is 27.0. The largest absolute Gasteiger partial charge is 0.491 e. The summed E-state index contributed by atoms with van der Waals surface area (Å²) in [6.45, 7) is 7.82. The third-order valence-corrected chi connectivity index (χ3v) is 3.63. The molecule has 1 unspecified atom stereocenters. The van der Waals surface area contributed by atoms with Gasteiger partial charge in [-0.2, -0.15) is 12.6 Å². The van der Waals surface area contributed by atoms with Crippen molar-refractivity contribution in [2.24, 2.45) is 0 Å². The van der Waals surface area contributed by atoms with Gasteiger partial charge in [0, 0.05) is 12.1 Å². The van der Waals surface area contributed by atoms with Gasteiger partial charge in [0.25, 0.3) is 0 Å². The highest BCUT2D eigenvalue weighted by Crippen LogP contribution is 2.16. The van der Waals surface area contributed by atoms with E-state index in [-0.39, 0.29) is 17.8 Å². The minimum atomic E-state index is 0.0999. The van der Waals surface area contributed by atoms with Crippen molar-refractivity contribution in [3.05, 3.63) is 24.3 Å². The molecule has 1 aromatic rings. The third kappa shape index (κ3) is 13.8. The van der Waals surface area contributed by atoms with Crippen molar-refractivity contribution in [1.29, 1.82) is 0 Å². The quantitative estimate of drug-likeness (QED) is 0.217. The van der Waals surface area contributed by atoms with Crippen molar-refractivity contribution in [1.82, 2.24) is 0 Å². The summed E-state index contributed by atoms with van der Waals surface area (Å²) in [6, 6.07) is 7.73. The Bertz CT molecular complexity index is 512. The molecule has 1 aromatic carbocycles. The van der Waals surface area contributed by atoms with E-state index in [0.29, 0.717) is 59.3 Å². The molecule has 0 saturated carbocycles. The summed E-state index contributed by atoms with van der Waals surface area (Å²) in [5, 5.41) is 3.30. The summed E-state index contributed by atoms with van der Waals surface area (Å²) in [6.07, 6.45) is 0.504. The molecule has 0 radical (unpaired) electrons. The van der Waals surface area contributed by atoms with Crippen LogP contribution in [-0.2, 0) is 23.7 Å². The molecule has 0 bridgehead atoms. The molecule has 0 aliphatic heterocycles. The second kappa shape index (κ2) is 16.6. The van der Waals surface area contributed by atoms with Gasteiger partial charge in [-0.15, -0.1) is 0 Å². The number of hydrogen-bond donors (Lipinski definition) is 2. The van der Waals surface area contributed by atoms with E-state index in [1.165, 1.54) is 0 Å². The van der Waals surface area contributed by atoms with Crippen molar-refractivity contribution >= 4 is 24.1 Å². The normalized spacial score (nSPS) is 12.0. The third-order valence-electron chi connectivity index (χ3n) is 3.50. The Balaban J connectivity index is 1.85. The zero-order valence-corrected chi connectivity index (χ0v) is 17.7. The molecule has 0 amide bonds. The zero-order chi connectivity index (χ0) is 20.5. The first-order chi connectivity index (χ1) is 13.6. The van der Waals surface area contributed by atoms with Gasteiger partial charge in [0.1, 0.15) is 19.0 Å². The van der Waals surface area contributed by atoms with Gasteiger partial charge in [-0.1, -0.05) is 6.92 Å². The minimum absolute atomic E-state index is 0.0999. The van der Waals surface area contributed by atoms with E-state index in [0.717, 1.165) is 11.4 Å². The maximum absolute atomic E-state index is 11.0. The van der Waals surface area contributed by atoms with Crippen LogP contribution in [0.25, 0.3) is 0 Å². The number of carbonyl (C=O) groups is 1. The molecule has 160 valence electrons. The second-order valence-electron chi connectivity index (χ2n) is 5.98. The topological polar surface area (TPSA) is 75.3 Å². The van der Waals surface area contributed by atoms with E-state index in [1.54, 1.807) is 0 Å². The first-order valence-electron chi connectivity index (χ1n) is 9.62. The molecule has 0 heterocycles. The van der Waals surface area contributed by atoms with Gasteiger partial charge < -0.3 is 29.0 Å². The lowest BCUT2D eigenvalue weighted by Gasteiger charge is -2.11. The summed E-state index contributed by atoms with van der Waals surface area (Å²) in [5.74, 6) is 0.903. The number of Topliss-reactive ketones (excluding diaryl/α,β-unsaturated/α-hetero) is 1. The monoisotopic (exact) mass is 415 g/mol. The average molecular weight is 416 g/mol. The minimum Gasteiger partial charge on any atom is -0.491 e. The average Bonchev–Trinajstić information content (AvgIpc) is 2.68. The Morgan fingerprint density at radius 1 is 0.893 bits per heavy atom. The van der Waals surface area contributed by atoms with Crippen LogP contribution in [0.15, 0.2) is 24.3 Å². The van der Waals surface area contributed by atoms with Gasteiger partial charge in [-0.25, -0.2) is 0 Å². The molecule has 1 rings (SSSR count). The maximum atomic E-state index is 11.0. The Hall–Kier alpha value is -1.32. The molecule has 1 N–H and O–H groups in total. The molecule has 0 saturated heterocycles. The molecule has 8 heteroatoms. The fraction of sp³-hybridized carbons (Fsp3) is 0.650. The van der Waals surface area contributed by atoms with Gasteiger partial charge >= 0.3 is 0 Å². The smallest absolute Gasteiger partial charge is 0.158 e. The number of carbonyl (C=O) groups excluding carboxylic acids is 1. The molecule has 0 aliphatic rings. The lowest BCUT2D eigenvalue weighted by molar-refractivity contribution is -0.123. The number of thiol groups is 1. The number of nitrogens with one attached hydrogen (secondary N) is 1. The molecule has 1 atom stereocenters. The van der Waals surface area contributed by atoms with Crippen molar-refractivity contribution in [3.8, 4) is 5.75 Å². The van der Waals surface area contributed by atoms with Crippen LogP contribution in [0.5, 0.6) is 5.75 Å². The number of ether oxygens (including phenoxy) is 5. The standard InChI is InChI=1S/C20H33NO6S/c1-3-19(22)16-26-13-12-24-9-8-23-10-11-25-14-15-27-20-6-4-18(5-7-20)21-17(2)28/h4-7,17,21,28H,3,8-16H2,1-2H3. The predicted molar refractivity (Wildman–Crippen MR) is 113 cm³/mol. The van der Waals surface area contributed by atoms with Crippen LogP contribution >= 0.6 is 12.6 Å². The van der Waals surface area contributed by atoms with Crippen LogP contribution in [-0.4, -0.2) is 70.6 Å². The summed E-state index contributed by atoms with van der Waals surface area (Å²) in [4.78, 5) is 11.0. The molecule has 0 fully saturated rings. The predicted octanol–water partition coefficient (Wildman–Crippen LogP) is 2.80. The number of ketones is 1. The van der Waals surface area contributed by atoms with E-state index < -0.39 is 0 Å². The van der Waals surface area contributed by atoms with Crippen LogP contribution < -0.4 is 10.1 Å².